The smallest absolute Gasteiger partial charge is 0.252 e. The third kappa shape index (κ3) is 4.66. The van der Waals surface area contributed by atoms with Crippen molar-refractivity contribution in [3.8, 4) is 0 Å². The molecule has 9 heteroatoms. The maximum atomic E-state index is 12.6. The molecule has 0 saturated carbocycles. The fourth-order valence-electron chi connectivity index (χ4n) is 2.72. The summed E-state index contributed by atoms with van der Waals surface area (Å²) in [6.45, 7) is 3.55. The van der Waals surface area contributed by atoms with Crippen LogP contribution in [0, 0.1) is 6.92 Å². The summed E-state index contributed by atoms with van der Waals surface area (Å²) >= 11 is 2.74. The van der Waals surface area contributed by atoms with Crippen molar-refractivity contribution in [1.82, 2.24) is 14.6 Å². The Kier molecular flexibility index (Phi) is 5.88. The van der Waals surface area contributed by atoms with Gasteiger partial charge in [-0.05, 0) is 31.9 Å². The lowest BCUT2D eigenvalue weighted by Crippen LogP contribution is -2.35. The molecule has 0 spiro atoms. The number of aryl methyl sites for hydroxylation is 1. The van der Waals surface area contributed by atoms with E-state index in [1.807, 2.05) is 6.92 Å². The number of carbonyl (C=O) groups excluding carboxylic acids is 1. The maximum Gasteiger partial charge on any atom is 0.252 e. The molecule has 1 aliphatic rings. The normalized spacial score (nSPS) is 16.0. The Balaban J connectivity index is 1.58. The van der Waals surface area contributed by atoms with Crippen molar-refractivity contribution in [1.29, 1.82) is 0 Å². The first kappa shape index (κ1) is 18.5. The van der Waals surface area contributed by atoms with Crippen LogP contribution < -0.4 is 5.32 Å². The molecule has 1 saturated heterocycles. The average molecular weight is 400 g/mol. The number of thiazole rings is 1. The van der Waals surface area contributed by atoms with Gasteiger partial charge in [-0.3, -0.25) is 4.79 Å². The van der Waals surface area contributed by atoms with E-state index in [4.69, 9.17) is 0 Å². The quantitative estimate of drug-likeness (QED) is 0.810. The van der Waals surface area contributed by atoms with Crippen molar-refractivity contribution in [2.75, 3.05) is 13.1 Å². The van der Waals surface area contributed by atoms with Gasteiger partial charge in [0.1, 0.15) is 4.21 Å². The molecular weight excluding hydrogens is 378 g/mol. The van der Waals surface area contributed by atoms with Gasteiger partial charge in [0.2, 0.25) is 5.91 Å². The zero-order chi connectivity index (χ0) is 17.9. The van der Waals surface area contributed by atoms with Gasteiger partial charge in [-0.15, -0.1) is 22.7 Å². The number of nitrogens with zero attached hydrogens (tertiary/aromatic N) is 2. The van der Waals surface area contributed by atoms with Crippen LogP contribution >= 0.6 is 22.7 Å². The molecule has 1 aliphatic heterocycles. The van der Waals surface area contributed by atoms with Crippen LogP contribution in [0.1, 0.15) is 34.0 Å². The third-order valence-corrected chi connectivity index (χ3v) is 8.37. The molecule has 25 heavy (non-hydrogen) atoms. The van der Waals surface area contributed by atoms with Crippen LogP contribution in [0.2, 0.25) is 0 Å². The summed E-state index contributed by atoms with van der Waals surface area (Å²) in [5.41, 5.74) is 0. The molecule has 136 valence electrons. The fourth-order valence-corrected chi connectivity index (χ4v) is 6.48. The topological polar surface area (TPSA) is 79.4 Å². The Labute approximate surface area is 155 Å². The molecule has 1 fully saturated rings. The van der Waals surface area contributed by atoms with Crippen LogP contribution in [-0.2, 0) is 27.8 Å². The van der Waals surface area contributed by atoms with Crippen LogP contribution in [-0.4, -0.2) is 36.7 Å². The standard InChI is InChI=1S/C16H21N3O3S3/c1-12-17-10-14(23-12)11-18-15(20)9-13-5-6-16(24-13)25(21,22)19-7-3-2-4-8-19/h5-6,10H,2-4,7-9,11H2,1H3,(H,18,20). The van der Waals surface area contributed by atoms with Gasteiger partial charge in [-0.2, -0.15) is 4.31 Å². The lowest BCUT2D eigenvalue weighted by Gasteiger charge is -2.25. The minimum Gasteiger partial charge on any atom is -0.351 e. The van der Waals surface area contributed by atoms with E-state index >= 15 is 0 Å². The number of nitrogens with one attached hydrogen (secondary N) is 1. The first-order chi connectivity index (χ1) is 11.9. The Morgan fingerprint density at radius 1 is 1.20 bits per heavy atom. The molecule has 2 aromatic heterocycles. The number of hydrogen-bond acceptors (Lipinski definition) is 6. The van der Waals surface area contributed by atoms with Crippen LogP contribution in [0.5, 0.6) is 0 Å². The van der Waals surface area contributed by atoms with Gasteiger partial charge >= 0.3 is 0 Å². The predicted octanol–water partition coefficient (Wildman–Crippen LogP) is 2.55. The van der Waals surface area contributed by atoms with E-state index in [0.29, 0.717) is 23.8 Å². The van der Waals surface area contributed by atoms with Gasteiger partial charge in [0, 0.05) is 29.0 Å². The van der Waals surface area contributed by atoms with Crippen molar-refractivity contribution >= 4 is 38.6 Å². The van der Waals surface area contributed by atoms with Gasteiger partial charge in [-0.25, -0.2) is 13.4 Å². The monoisotopic (exact) mass is 399 g/mol. The molecule has 2 aromatic rings. The molecule has 1 amide bonds. The zero-order valence-electron chi connectivity index (χ0n) is 14.0. The zero-order valence-corrected chi connectivity index (χ0v) is 16.5. The van der Waals surface area contributed by atoms with Gasteiger partial charge in [-0.1, -0.05) is 6.42 Å². The number of rotatable bonds is 6. The molecule has 3 rings (SSSR count). The second-order valence-corrected chi connectivity index (χ2v) is 10.6. The van der Waals surface area contributed by atoms with E-state index in [1.54, 1.807) is 34.0 Å². The Morgan fingerprint density at radius 3 is 2.64 bits per heavy atom. The highest BCUT2D eigenvalue weighted by atomic mass is 32.2. The number of amides is 1. The largest absolute Gasteiger partial charge is 0.351 e. The molecule has 0 atom stereocenters. The Bertz CT molecular complexity index is 836. The molecule has 3 heterocycles. The van der Waals surface area contributed by atoms with Crippen LogP contribution in [0.25, 0.3) is 0 Å². The predicted molar refractivity (Wildman–Crippen MR) is 99.3 cm³/mol. The number of piperidine rings is 1. The molecule has 0 bridgehead atoms. The van der Waals surface area contributed by atoms with Crippen LogP contribution in [0.15, 0.2) is 22.5 Å². The summed E-state index contributed by atoms with van der Waals surface area (Å²) < 4.78 is 27.1. The lowest BCUT2D eigenvalue weighted by atomic mass is 10.2. The number of sulfonamides is 1. The Hall–Kier alpha value is -1.29. The highest BCUT2D eigenvalue weighted by molar-refractivity contribution is 7.91. The van der Waals surface area contributed by atoms with Gasteiger partial charge in [0.25, 0.3) is 10.0 Å². The molecule has 0 aliphatic carbocycles. The van der Waals surface area contributed by atoms with Gasteiger partial charge in [0.15, 0.2) is 0 Å². The van der Waals surface area contributed by atoms with Crippen molar-refractivity contribution in [3.05, 3.63) is 33.1 Å². The SMILES string of the molecule is Cc1ncc(CNC(=O)Cc2ccc(S(=O)(=O)N3CCCCC3)s2)s1. The lowest BCUT2D eigenvalue weighted by molar-refractivity contribution is -0.120. The number of carbonyl (C=O) groups is 1. The number of hydrogen-bond donors (Lipinski definition) is 1. The first-order valence-electron chi connectivity index (χ1n) is 8.22. The minimum atomic E-state index is -3.42. The number of aromatic nitrogens is 1. The third-order valence-electron chi connectivity index (χ3n) is 4.01. The van der Waals surface area contributed by atoms with Crippen molar-refractivity contribution in [3.63, 3.8) is 0 Å². The van der Waals surface area contributed by atoms with Gasteiger partial charge < -0.3 is 5.32 Å². The summed E-state index contributed by atoms with van der Waals surface area (Å²) in [6.07, 6.45) is 4.86. The highest BCUT2D eigenvalue weighted by Gasteiger charge is 2.27. The van der Waals surface area contributed by atoms with Crippen LogP contribution in [0.3, 0.4) is 0 Å². The van der Waals surface area contributed by atoms with Crippen LogP contribution in [0.4, 0.5) is 0 Å². The van der Waals surface area contributed by atoms with Gasteiger partial charge in [0.05, 0.1) is 18.0 Å². The Morgan fingerprint density at radius 2 is 1.96 bits per heavy atom. The maximum absolute atomic E-state index is 12.6. The summed E-state index contributed by atoms with van der Waals surface area (Å²) in [6, 6.07) is 3.35. The summed E-state index contributed by atoms with van der Waals surface area (Å²) in [5, 5.41) is 3.82. The van der Waals surface area contributed by atoms with E-state index in [2.05, 4.69) is 10.3 Å². The van der Waals surface area contributed by atoms with E-state index in [0.717, 1.165) is 34.0 Å². The fraction of sp³-hybridized carbons (Fsp3) is 0.500. The molecule has 0 aromatic carbocycles. The molecule has 6 nitrogen and oxygen atoms in total. The van der Waals surface area contributed by atoms with E-state index < -0.39 is 10.0 Å². The molecular formula is C16H21N3O3S3. The van der Waals surface area contributed by atoms with E-state index in [-0.39, 0.29) is 12.3 Å². The van der Waals surface area contributed by atoms with E-state index in [9.17, 15) is 13.2 Å². The summed E-state index contributed by atoms with van der Waals surface area (Å²) in [5.74, 6) is -0.116. The molecule has 1 N–H and O–H groups in total. The van der Waals surface area contributed by atoms with Crippen molar-refractivity contribution in [2.24, 2.45) is 0 Å². The minimum absolute atomic E-state index is 0.116. The average Bonchev–Trinajstić information content (AvgIpc) is 3.23. The molecule has 0 radical (unpaired) electrons. The van der Waals surface area contributed by atoms with Crippen molar-refractivity contribution < 1.29 is 13.2 Å². The van der Waals surface area contributed by atoms with Crippen molar-refractivity contribution in [2.45, 2.75) is 43.4 Å². The highest BCUT2D eigenvalue weighted by Crippen LogP contribution is 2.27. The first-order valence-corrected chi connectivity index (χ1v) is 11.3. The molecule has 0 unspecified atom stereocenters. The number of thiophene rings is 1. The second-order valence-electron chi connectivity index (χ2n) is 5.98. The second kappa shape index (κ2) is 7.94. The summed E-state index contributed by atoms with van der Waals surface area (Å²) in [4.78, 5) is 18.0. The van der Waals surface area contributed by atoms with E-state index in [1.165, 1.54) is 11.3 Å². The summed E-state index contributed by atoms with van der Waals surface area (Å²) in [7, 11) is -3.42.